The number of sulfonamides is 1. The van der Waals surface area contributed by atoms with Gasteiger partial charge in [0.05, 0.1) is 7.11 Å². The topological polar surface area (TPSA) is 67.4 Å². The molecule has 5 nitrogen and oxygen atoms in total. The summed E-state index contributed by atoms with van der Waals surface area (Å²) in [4.78, 5) is 0.231. The molecule has 1 fully saturated rings. The third kappa shape index (κ3) is 4.21. The van der Waals surface area contributed by atoms with Crippen molar-refractivity contribution < 1.29 is 13.2 Å². The van der Waals surface area contributed by atoms with E-state index >= 15 is 0 Å². The number of hydrogen-bond acceptors (Lipinski definition) is 4. The van der Waals surface area contributed by atoms with E-state index in [9.17, 15) is 8.42 Å². The van der Waals surface area contributed by atoms with Gasteiger partial charge in [0.15, 0.2) is 0 Å². The van der Waals surface area contributed by atoms with Crippen molar-refractivity contribution in [2.24, 2.45) is 5.92 Å². The number of aryl methyl sites for hydroxylation is 2. The summed E-state index contributed by atoms with van der Waals surface area (Å²) >= 11 is 0. The molecule has 22 heavy (non-hydrogen) atoms. The molecule has 1 aromatic rings. The molecule has 0 aromatic heterocycles. The molecule has 2 rings (SSSR count). The Labute approximate surface area is 133 Å². The Morgan fingerprint density at radius 3 is 2.77 bits per heavy atom. The summed E-state index contributed by atoms with van der Waals surface area (Å²) in [6.45, 7) is 6.26. The standard InChI is InChI=1S/C16H26N2O3S/c1-12-9-13(2)16(21-3)15(10-12)22(19,20)18-8-6-14-5-4-7-17-11-14/h9-10,14,17-18H,4-8,11H2,1-3H3. The van der Waals surface area contributed by atoms with Crippen molar-refractivity contribution in [2.45, 2.75) is 38.0 Å². The highest BCUT2D eigenvalue weighted by atomic mass is 32.2. The fourth-order valence-corrected chi connectivity index (χ4v) is 4.39. The van der Waals surface area contributed by atoms with E-state index in [1.807, 2.05) is 19.9 Å². The van der Waals surface area contributed by atoms with Gasteiger partial charge in [-0.3, -0.25) is 0 Å². The highest BCUT2D eigenvalue weighted by Gasteiger charge is 2.22. The van der Waals surface area contributed by atoms with Gasteiger partial charge in [0.1, 0.15) is 10.6 Å². The van der Waals surface area contributed by atoms with Crippen molar-refractivity contribution in [3.63, 3.8) is 0 Å². The van der Waals surface area contributed by atoms with Crippen LogP contribution in [0.2, 0.25) is 0 Å². The lowest BCUT2D eigenvalue weighted by Crippen LogP contribution is -2.33. The van der Waals surface area contributed by atoms with Crippen LogP contribution in [-0.4, -0.2) is 35.2 Å². The van der Waals surface area contributed by atoms with Crippen molar-refractivity contribution in [2.75, 3.05) is 26.7 Å². The Balaban J connectivity index is 2.06. The predicted molar refractivity (Wildman–Crippen MR) is 87.9 cm³/mol. The maximum atomic E-state index is 12.6. The Hall–Kier alpha value is -1.11. The van der Waals surface area contributed by atoms with Crippen molar-refractivity contribution >= 4 is 10.0 Å². The first-order valence-electron chi connectivity index (χ1n) is 7.79. The number of hydrogen-bond donors (Lipinski definition) is 2. The Bertz CT molecular complexity index is 608. The molecule has 2 N–H and O–H groups in total. The van der Waals surface area contributed by atoms with Crippen LogP contribution in [0.1, 0.15) is 30.4 Å². The largest absolute Gasteiger partial charge is 0.495 e. The minimum Gasteiger partial charge on any atom is -0.495 e. The monoisotopic (exact) mass is 326 g/mol. The summed E-state index contributed by atoms with van der Waals surface area (Å²) in [6, 6.07) is 3.59. The summed E-state index contributed by atoms with van der Waals surface area (Å²) in [6.07, 6.45) is 3.20. The van der Waals surface area contributed by atoms with E-state index in [0.29, 0.717) is 18.2 Å². The number of methoxy groups -OCH3 is 1. The number of rotatable bonds is 6. The predicted octanol–water partition coefficient (Wildman–Crippen LogP) is 1.98. The maximum Gasteiger partial charge on any atom is 0.244 e. The van der Waals surface area contributed by atoms with Crippen LogP contribution in [0.25, 0.3) is 0 Å². The second-order valence-corrected chi connectivity index (χ2v) is 7.75. The normalized spacial score (nSPS) is 19.1. The zero-order valence-electron chi connectivity index (χ0n) is 13.6. The molecule has 0 saturated carbocycles. The first kappa shape index (κ1) is 17.2. The Morgan fingerprint density at radius 2 is 2.14 bits per heavy atom. The molecule has 6 heteroatoms. The molecule has 0 amide bonds. The van der Waals surface area contributed by atoms with E-state index in [-0.39, 0.29) is 4.90 Å². The highest BCUT2D eigenvalue weighted by molar-refractivity contribution is 7.89. The summed E-state index contributed by atoms with van der Waals surface area (Å²) in [7, 11) is -2.04. The SMILES string of the molecule is COc1c(C)cc(C)cc1S(=O)(=O)NCCC1CCCNC1. The van der Waals surface area contributed by atoms with Crippen LogP contribution in [-0.2, 0) is 10.0 Å². The molecule has 1 saturated heterocycles. The molecule has 1 atom stereocenters. The number of benzene rings is 1. The molecule has 0 spiro atoms. The van der Waals surface area contributed by atoms with E-state index in [1.54, 1.807) is 6.07 Å². The average molecular weight is 326 g/mol. The molecule has 0 bridgehead atoms. The summed E-state index contributed by atoms with van der Waals surface area (Å²) in [5.41, 5.74) is 1.74. The zero-order chi connectivity index (χ0) is 16.2. The van der Waals surface area contributed by atoms with Crippen LogP contribution in [0, 0.1) is 19.8 Å². The molecular formula is C16H26N2O3S. The van der Waals surface area contributed by atoms with Gasteiger partial charge in [-0.05, 0) is 69.3 Å². The van der Waals surface area contributed by atoms with Gasteiger partial charge in [-0.2, -0.15) is 0 Å². The maximum absolute atomic E-state index is 12.6. The lowest BCUT2D eigenvalue weighted by atomic mass is 9.96. The van der Waals surface area contributed by atoms with Crippen molar-refractivity contribution in [1.29, 1.82) is 0 Å². The smallest absolute Gasteiger partial charge is 0.244 e. The molecule has 0 radical (unpaired) electrons. The molecule has 1 heterocycles. The fraction of sp³-hybridized carbons (Fsp3) is 0.625. The van der Waals surface area contributed by atoms with Crippen molar-refractivity contribution in [3.05, 3.63) is 23.3 Å². The zero-order valence-corrected chi connectivity index (χ0v) is 14.4. The second kappa shape index (κ2) is 7.44. The summed E-state index contributed by atoms with van der Waals surface area (Å²) in [5.74, 6) is 0.982. The fourth-order valence-electron chi connectivity index (χ4n) is 3.02. The Morgan fingerprint density at radius 1 is 1.36 bits per heavy atom. The first-order chi connectivity index (χ1) is 10.4. The van der Waals surface area contributed by atoms with Gasteiger partial charge in [0.25, 0.3) is 0 Å². The molecule has 1 aliphatic rings. The third-order valence-electron chi connectivity index (χ3n) is 4.12. The summed E-state index contributed by atoms with van der Waals surface area (Å²) < 4.78 is 33.1. The van der Waals surface area contributed by atoms with E-state index in [2.05, 4.69) is 10.0 Å². The van der Waals surface area contributed by atoms with Gasteiger partial charge < -0.3 is 10.1 Å². The van der Waals surface area contributed by atoms with E-state index < -0.39 is 10.0 Å². The second-order valence-electron chi connectivity index (χ2n) is 6.01. The van der Waals surface area contributed by atoms with Gasteiger partial charge in [-0.15, -0.1) is 0 Å². The quantitative estimate of drug-likeness (QED) is 0.839. The number of ether oxygens (including phenoxy) is 1. The van der Waals surface area contributed by atoms with Gasteiger partial charge in [0, 0.05) is 6.54 Å². The van der Waals surface area contributed by atoms with Gasteiger partial charge in [-0.1, -0.05) is 6.07 Å². The van der Waals surface area contributed by atoms with E-state index in [0.717, 1.165) is 30.6 Å². The van der Waals surface area contributed by atoms with Crippen molar-refractivity contribution in [1.82, 2.24) is 10.0 Å². The molecule has 124 valence electrons. The highest BCUT2D eigenvalue weighted by Crippen LogP contribution is 2.29. The van der Waals surface area contributed by atoms with Crippen molar-refractivity contribution in [3.8, 4) is 5.75 Å². The first-order valence-corrected chi connectivity index (χ1v) is 9.28. The van der Waals surface area contributed by atoms with Crippen LogP contribution < -0.4 is 14.8 Å². The van der Waals surface area contributed by atoms with Gasteiger partial charge in [0.2, 0.25) is 10.0 Å². The van der Waals surface area contributed by atoms with Gasteiger partial charge >= 0.3 is 0 Å². The molecule has 1 aliphatic heterocycles. The third-order valence-corrected chi connectivity index (χ3v) is 5.59. The lowest BCUT2D eigenvalue weighted by Gasteiger charge is -2.22. The van der Waals surface area contributed by atoms with Crippen LogP contribution in [0.15, 0.2) is 17.0 Å². The Kier molecular flexibility index (Phi) is 5.83. The number of nitrogens with one attached hydrogen (secondary N) is 2. The average Bonchev–Trinajstić information content (AvgIpc) is 2.47. The molecular weight excluding hydrogens is 300 g/mol. The molecule has 1 aromatic carbocycles. The lowest BCUT2D eigenvalue weighted by molar-refractivity contribution is 0.358. The van der Waals surface area contributed by atoms with Gasteiger partial charge in [-0.25, -0.2) is 13.1 Å². The minimum atomic E-state index is -3.54. The van der Waals surface area contributed by atoms with Crippen LogP contribution in [0.3, 0.4) is 0 Å². The van der Waals surface area contributed by atoms with Crippen LogP contribution in [0.5, 0.6) is 5.75 Å². The minimum absolute atomic E-state index is 0.231. The number of piperidine rings is 1. The van der Waals surface area contributed by atoms with Crippen LogP contribution in [0.4, 0.5) is 0 Å². The molecule has 0 aliphatic carbocycles. The van der Waals surface area contributed by atoms with Crippen LogP contribution >= 0.6 is 0 Å². The van der Waals surface area contributed by atoms with E-state index in [4.69, 9.17) is 4.74 Å². The summed E-state index contributed by atoms with van der Waals surface area (Å²) in [5, 5.41) is 3.35. The van der Waals surface area contributed by atoms with E-state index in [1.165, 1.54) is 20.0 Å². The molecule has 1 unspecified atom stereocenters.